The van der Waals surface area contributed by atoms with Crippen molar-refractivity contribution in [2.45, 2.75) is 11.7 Å². The number of benzene rings is 2. The Balaban J connectivity index is 1.56. The maximum absolute atomic E-state index is 12.7. The van der Waals surface area contributed by atoms with Gasteiger partial charge in [-0.25, -0.2) is 0 Å². The van der Waals surface area contributed by atoms with Crippen molar-refractivity contribution in [3.8, 4) is 17.1 Å². The summed E-state index contributed by atoms with van der Waals surface area (Å²) >= 11 is 1.35. The molecule has 0 spiro atoms. The molecule has 0 aliphatic rings. The summed E-state index contributed by atoms with van der Waals surface area (Å²) in [6.45, 7) is 0.465. The van der Waals surface area contributed by atoms with E-state index < -0.39 is 0 Å². The first kappa shape index (κ1) is 20.7. The second-order valence-electron chi connectivity index (χ2n) is 6.78. The highest BCUT2D eigenvalue weighted by Gasteiger charge is 2.18. The fraction of sp³-hybridized carbons (Fsp3) is 0.174. The van der Waals surface area contributed by atoms with E-state index in [4.69, 9.17) is 9.15 Å². The maximum atomic E-state index is 12.7. The first-order valence-electron chi connectivity index (χ1n) is 9.70. The summed E-state index contributed by atoms with van der Waals surface area (Å²) in [4.78, 5) is 14.4. The van der Waals surface area contributed by atoms with Crippen LogP contribution in [0.5, 0.6) is 5.75 Å². The number of furan rings is 1. The van der Waals surface area contributed by atoms with Crippen LogP contribution in [-0.4, -0.2) is 40.6 Å². The number of carbonyl (C=O) groups is 1. The van der Waals surface area contributed by atoms with Gasteiger partial charge in [-0.2, -0.15) is 0 Å². The maximum Gasteiger partial charge on any atom is 0.237 e. The third-order valence-electron chi connectivity index (χ3n) is 4.80. The lowest BCUT2D eigenvalue weighted by Gasteiger charge is -2.17. The van der Waals surface area contributed by atoms with Crippen molar-refractivity contribution in [2.75, 3.05) is 24.8 Å². The van der Waals surface area contributed by atoms with Gasteiger partial charge in [0, 0.05) is 18.3 Å². The SMILES string of the molecule is COc1ccc(-c2nnc(SCC(=O)N(C)c3ccccc3)n2Cc2ccco2)cc1. The topological polar surface area (TPSA) is 73.4 Å². The predicted molar refractivity (Wildman–Crippen MR) is 120 cm³/mol. The second-order valence-corrected chi connectivity index (χ2v) is 7.72. The van der Waals surface area contributed by atoms with Crippen LogP contribution < -0.4 is 9.64 Å². The summed E-state index contributed by atoms with van der Waals surface area (Å²) in [5.41, 5.74) is 1.75. The Hall–Kier alpha value is -3.52. The third kappa shape index (κ3) is 4.80. The van der Waals surface area contributed by atoms with Crippen LogP contribution in [0.1, 0.15) is 5.76 Å². The lowest BCUT2D eigenvalue weighted by Crippen LogP contribution is -2.28. The molecule has 0 aliphatic heterocycles. The van der Waals surface area contributed by atoms with Crippen molar-refractivity contribution in [3.63, 3.8) is 0 Å². The van der Waals surface area contributed by atoms with E-state index >= 15 is 0 Å². The minimum Gasteiger partial charge on any atom is -0.497 e. The molecule has 2 heterocycles. The predicted octanol–water partition coefficient (Wildman–Crippen LogP) is 4.35. The minimum atomic E-state index is -0.0188. The Labute approximate surface area is 184 Å². The van der Waals surface area contributed by atoms with E-state index in [2.05, 4.69) is 10.2 Å². The number of aromatic nitrogens is 3. The van der Waals surface area contributed by atoms with Crippen LogP contribution in [-0.2, 0) is 11.3 Å². The number of carbonyl (C=O) groups excluding carboxylic acids is 1. The molecule has 4 rings (SSSR count). The Bertz CT molecular complexity index is 1130. The highest BCUT2D eigenvalue weighted by Crippen LogP contribution is 2.27. The summed E-state index contributed by atoms with van der Waals surface area (Å²) < 4.78 is 12.7. The average molecular weight is 435 g/mol. The van der Waals surface area contributed by atoms with E-state index in [0.29, 0.717) is 17.5 Å². The van der Waals surface area contributed by atoms with Gasteiger partial charge in [-0.1, -0.05) is 30.0 Å². The van der Waals surface area contributed by atoms with Gasteiger partial charge in [-0.15, -0.1) is 10.2 Å². The molecule has 0 fully saturated rings. The molecule has 0 atom stereocenters. The normalized spacial score (nSPS) is 10.8. The molecular weight excluding hydrogens is 412 g/mol. The van der Waals surface area contributed by atoms with Gasteiger partial charge >= 0.3 is 0 Å². The smallest absolute Gasteiger partial charge is 0.237 e. The van der Waals surface area contributed by atoms with E-state index in [1.54, 1.807) is 25.3 Å². The largest absolute Gasteiger partial charge is 0.497 e. The van der Waals surface area contributed by atoms with Crippen LogP contribution in [0.2, 0.25) is 0 Å². The summed E-state index contributed by atoms with van der Waals surface area (Å²) in [5.74, 6) is 2.47. The van der Waals surface area contributed by atoms with Crippen LogP contribution in [0.25, 0.3) is 11.4 Å². The molecule has 0 aliphatic carbocycles. The zero-order valence-corrected chi connectivity index (χ0v) is 18.1. The van der Waals surface area contributed by atoms with Crippen molar-refractivity contribution in [2.24, 2.45) is 0 Å². The monoisotopic (exact) mass is 434 g/mol. The van der Waals surface area contributed by atoms with Crippen molar-refractivity contribution >= 4 is 23.4 Å². The fourth-order valence-corrected chi connectivity index (χ4v) is 3.92. The van der Waals surface area contributed by atoms with Gasteiger partial charge in [-0.05, 0) is 48.5 Å². The molecular formula is C23H22N4O3S. The molecule has 0 unspecified atom stereocenters. The number of methoxy groups -OCH3 is 1. The van der Waals surface area contributed by atoms with E-state index in [1.807, 2.05) is 71.3 Å². The number of nitrogens with zero attached hydrogens (tertiary/aromatic N) is 4. The molecule has 7 nitrogen and oxygen atoms in total. The fourth-order valence-electron chi connectivity index (χ4n) is 3.07. The van der Waals surface area contributed by atoms with Crippen molar-refractivity contribution in [1.82, 2.24) is 14.8 Å². The van der Waals surface area contributed by atoms with Gasteiger partial charge in [0.25, 0.3) is 0 Å². The summed E-state index contributed by atoms with van der Waals surface area (Å²) in [7, 11) is 3.40. The first-order chi connectivity index (χ1) is 15.2. The van der Waals surface area contributed by atoms with Crippen LogP contribution in [0.3, 0.4) is 0 Å². The van der Waals surface area contributed by atoms with Gasteiger partial charge in [0.05, 0.1) is 25.7 Å². The molecule has 4 aromatic rings. The highest BCUT2D eigenvalue weighted by atomic mass is 32.2. The van der Waals surface area contributed by atoms with Crippen LogP contribution in [0.4, 0.5) is 5.69 Å². The van der Waals surface area contributed by atoms with Gasteiger partial charge in [0.15, 0.2) is 11.0 Å². The number of thioether (sulfide) groups is 1. The number of ether oxygens (including phenoxy) is 1. The second kappa shape index (κ2) is 9.53. The lowest BCUT2D eigenvalue weighted by molar-refractivity contribution is -0.115. The lowest BCUT2D eigenvalue weighted by atomic mass is 10.2. The van der Waals surface area contributed by atoms with Crippen LogP contribution in [0, 0.1) is 0 Å². The Morgan fingerprint density at radius 2 is 1.84 bits per heavy atom. The van der Waals surface area contributed by atoms with Gasteiger partial charge in [-0.3, -0.25) is 9.36 Å². The molecule has 2 aromatic heterocycles. The Kier molecular flexibility index (Phi) is 6.37. The Morgan fingerprint density at radius 1 is 1.06 bits per heavy atom. The van der Waals surface area contributed by atoms with Gasteiger partial charge < -0.3 is 14.1 Å². The Morgan fingerprint density at radius 3 is 2.52 bits per heavy atom. The quantitative estimate of drug-likeness (QED) is 0.384. The van der Waals surface area contributed by atoms with E-state index in [0.717, 1.165) is 22.8 Å². The highest BCUT2D eigenvalue weighted by molar-refractivity contribution is 7.99. The average Bonchev–Trinajstić information content (AvgIpc) is 3.48. The zero-order chi connectivity index (χ0) is 21.6. The molecule has 2 aromatic carbocycles. The van der Waals surface area contributed by atoms with Crippen molar-refractivity contribution in [1.29, 1.82) is 0 Å². The van der Waals surface area contributed by atoms with Crippen molar-refractivity contribution < 1.29 is 13.9 Å². The number of rotatable bonds is 8. The third-order valence-corrected chi connectivity index (χ3v) is 5.75. The minimum absolute atomic E-state index is 0.0188. The standard InChI is InChI=1S/C23H22N4O3S/c1-26(18-7-4-3-5-8-18)21(28)16-31-23-25-24-22(17-10-12-19(29-2)13-11-17)27(23)15-20-9-6-14-30-20/h3-14H,15-16H2,1-2H3. The van der Waals surface area contributed by atoms with Crippen LogP contribution >= 0.6 is 11.8 Å². The molecule has 158 valence electrons. The molecule has 0 saturated heterocycles. The van der Waals surface area contributed by atoms with E-state index in [1.165, 1.54) is 11.8 Å². The van der Waals surface area contributed by atoms with Gasteiger partial charge in [0.2, 0.25) is 5.91 Å². The summed E-state index contributed by atoms with van der Waals surface area (Å²) in [5, 5.41) is 9.39. The number of amides is 1. The van der Waals surface area contributed by atoms with E-state index in [9.17, 15) is 4.79 Å². The molecule has 0 N–H and O–H groups in total. The number of hydrogen-bond donors (Lipinski definition) is 0. The van der Waals surface area contributed by atoms with E-state index in [-0.39, 0.29) is 11.7 Å². The van der Waals surface area contributed by atoms with Gasteiger partial charge in [0.1, 0.15) is 11.5 Å². The first-order valence-corrected chi connectivity index (χ1v) is 10.7. The molecule has 1 amide bonds. The number of para-hydroxylation sites is 1. The molecule has 0 bridgehead atoms. The number of anilines is 1. The summed E-state index contributed by atoms with van der Waals surface area (Å²) in [6.07, 6.45) is 1.64. The summed E-state index contributed by atoms with van der Waals surface area (Å²) in [6, 6.07) is 20.9. The van der Waals surface area contributed by atoms with Crippen LogP contribution in [0.15, 0.2) is 82.6 Å². The molecule has 0 radical (unpaired) electrons. The zero-order valence-electron chi connectivity index (χ0n) is 17.3. The molecule has 31 heavy (non-hydrogen) atoms. The van der Waals surface area contributed by atoms with Crippen molar-refractivity contribution in [3.05, 3.63) is 78.8 Å². The number of hydrogen-bond acceptors (Lipinski definition) is 6. The molecule has 8 heteroatoms. The molecule has 0 saturated carbocycles.